The second kappa shape index (κ2) is 7.88. The number of hydrogen-bond acceptors (Lipinski definition) is 5. The van der Waals surface area contributed by atoms with Gasteiger partial charge in [0.05, 0.1) is 23.1 Å². The average molecular weight is 394 g/mol. The van der Waals surface area contributed by atoms with Crippen molar-refractivity contribution in [1.29, 1.82) is 0 Å². The lowest BCUT2D eigenvalue weighted by molar-refractivity contribution is -0.129. The molecule has 1 saturated heterocycles. The summed E-state index contributed by atoms with van der Waals surface area (Å²) in [7, 11) is 0. The topological polar surface area (TPSA) is 78.4 Å². The van der Waals surface area contributed by atoms with Gasteiger partial charge in [0.25, 0.3) is 5.91 Å². The van der Waals surface area contributed by atoms with Gasteiger partial charge in [0, 0.05) is 38.1 Å². The predicted octanol–water partition coefficient (Wildman–Crippen LogP) is 2.70. The number of benzene rings is 1. The van der Waals surface area contributed by atoms with Crippen LogP contribution in [0.3, 0.4) is 0 Å². The van der Waals surface area contributed by atoms with Crippen molar-refractivity contribution in [3.8, 4) is 0 Å². The van der Waals surface area contributed by atoms with Crippen molar-refractivity contribution in [3.63, 3.8) is 0 Å². The van der Waals surface area contributed by atoms with E-state index in [1.54, 1.807) is 36.2 Å². The predicted molar refractivity (Wildman–Crippen MR) is 101 cm³/mol. The highest BCUT2D eigenvalue weighted by atomic mass is 35.5. The van der Waals surface area contributed by atoms with Crippen LogP contribution in [-0.2, 0) is 4.79 Å². The van der Waals surface area contributed by atoms with Gasteiger partial charge in [-0.1, -0.05) is 23.2 Å². The molecule has 2 amide bonds. The van der Waals surface area contributed by atoms with E-state index in [-0.39, 0.29) is 11.6 Å². The number of hydrogen-bond donors (Lipinski definition) is 1. The van der Waals surface area contributed by atoms with E-state index < -0.39 is 5.91 Å². The Bertz CT molecular complexity index is 820. The highest BCUT2D eigenvalue weighted by molar-refractivity contribution is 6.35. The summed E-state index contributed by atoms with van der Waals surface area (Å²) in [6, 6.07) is 4.81. The minimum absolute atomic E-state index is 0.0717. The number of halogens is 2. The van der Waals surface area contributed by atoms with Gasteiger partial charge in [0.2, 0.25) is 5.91 Å². The molecule has 0 unspecified atom stereocenters. The van der Waals surface area contributed by atoms with Crippen LogP contribution in [0.5, 0.6) is 0 Å². The smallest absolute Gasteiger partial charge is 0.275 e. The van der Waals surface area contributed by atoms with Gasteiger partial charge in [-0.15, -0.1) is 0 Å². The number of carbonyl (C=O) groups is 2. The zero-order valence-electron chi connectivity index (χ0n) is 14.1. The van der Waals surface area contributed by atoms with Crippen LogP contribution in [0.15, 0.2) is 30.6 Å². The third-order valence-corrected chi connectivity index (χ3v) is 4.66. The fourth-order valence-corrected chi connectivity index (χ4v) is 2.97. The van der Waals surface area contributed by atoms with E-state index in [1.165, 1.54) is 6.20 Å². The number of aromatic nitrogens is 2. The number of carbonyl (C=O) groups excluding carboxylic acids is 2. The molecule has 1 aromatic heterocycles. The van der Waals surface area contributed by atoms with Gasteiger partial charge in [-0.05, 0) is 18.2 Å². The minimum atomic E-state index is -0.422. The number of nitrogens with one attached hydrogen (secondary N) is 1. The molecule has 0 aliphatic carbocycles. The van der Waals surface area contributed by atoms with Crippen LogP contribution in [0.1, 0.15) is 17.4 Å². The average Bonchev–Trinajstić information content (AvgIpc) is 2.65. The Hall–Kier alpha value is -2.38. The molecule has 1 N–H and O–H groups in total. The first-order chi connectivity index (χ1) is 12.4. The van der Waals surface area contributed by atoms with Gasteiger partial charge in [-0.2, -0.15) is 0 Å². The Morgan fingerprint density at radius 2 is 1.81 bits per heavy atom. The summed E-state index contributed by atoms with van der Waals surface area (Å²) in [5.74, 6) is 0.322. The Labute approximate surface area is 160 Å². The number of rotatable bonds is 3. The van der Waals surface area contributed by atoms with Gasteiger partial charge in [0.15, 0.2) is 0 Å². The summed E-state index contributed by atoms with van der Waals surface area (Å²) in [4.78, 5) is 36.0. The molecule has 0 saturated carbocycles. The zero-order valence-corrected chi connectivity index (χ0v) is 15.6. The monoisotopic (exact) mass is 393 g/mol. The van der Waals surface area contributed by atoms with Crippen LogP contribution in [0.2, 0.25) is 10.0 Å². The lowest BCUT2D eigenvalue weighted by Crippen LogP contribution is -2.48. The quantitative estimate of drug-likeness (QED) is 0.866. The fraction of sp³-hybridized carbons (Fsp3) is 0.294. The van der Waals surface area contributed by atoms with Crippen LogP contribution >= 0.6 is 23.2 Å². The van der Waals surface area contributed by atoms with Crippen LogP contribution in [0.4, 0.5) is 11.5 Å². The Balaban J connectivity index is 1.65. The van der Waals surface area contributed by atoms with E-state index in [4.69, 9.17) is 23.2 Å². The Kier molecular flexibility index (Phi) is 5.58. The summed E-state index contributed by atoms with van der Waals surface area (Å²) >= 11 is 12.0. The van der Waals surface area contributed by atoms with Crippen molar-refractivity contribution < 1.29 is 9.59 Å². The maximum Gasteiger partial charge on any atom is 0.275 e. The molecule has 3 rings (SSSR count). The summed E-state index contributed by atoms with van der Waals surface area (Å²) in [6.45, 7) is 4.21. The molecule has 1 aliphatic heterocycles. The van der Waals surface area contributed by atoms with Crippen LogP contribution in [0, 0.1) is 0 Å². The maximum absolute atomic E-state index is 12.3. The third-order valence-electron chi connectivity index (χ3n) is 4.10. The molecule has 2 aromatic rings. The van der Waals surface area contributed by atoms with Gasteiger partial charge in [-0.3, -0.25) is 9.59 Å². The molecular formula is C17H17Cl2N5O2. The van der Waals surface area contributed by atoms with E-state index in [9.17, 15) is 9.59 Å². The van der Waals surface area contributed by atoms with Crippen LogP contribution < -0.4 is 10.2 Å². The molecule has 136 valence electrons. The number of piperazine rings is 1. The molecule has 0 radical (unpaired) electrons. The molecule has 0 atom stereocenters. The molecule has 9 heteroatoms. The highest BCUT2D eigenvalue weighted by Crippen LogP contribution is 2.25. The van der Waals surface area contributed by atoms with Gasteiger partial charge in [-0.25, -0.2) is 9.97 Å². The van der Waals surface area contributed by atoms with E-state index >= 15 is 0 Å². The van der Waals surface area contributed by atoms with Gasteiger partial charge < -0.3 is 15.1 Å². The SMILES string of the molecule is CC(=O)N1CCN(c2cnc(C(=O)Nc3cc(Cl)ccc3Cl)cn2)CC1. The van der Waals surface area contributed by atoms with Crippen LogP contribution in [-0.4, -0.2) is 52.9 Å². The lowest BCUT2D eigenvalue weighted by Gasteiger charge is -2.34. The summed E-state index contributed by atoms with van der Waals surface area (Å²) in [5, 5.41) is 3.52. The maximum atomic E-state index is 12.3. The first-order valence-electron chi connectivity index (χ1n) is 8.03. The first kappa shape index (κ1) is 18.4. The zero-order chi connectivity index (χ0) is 18.7. The fourth-order valence-electron chi connectivity index (χ4n) is 2.63. The summed E-state index contributed by atoms with van der Waals surface area (Å²) in [6.07, 6.45) is 2.97. The molecule has 7 nitrogen and oxygen atoms in total. The van der Waals surface area contributed by atoms with Crippen molar-refractivity contribution in [2.75, 3.05) is 36.4 Å². The molecular weight excluding hydrogens is 377 g/mol. The Morgan fingerprint density at radius 1 is 1.08 bits per heavy atom. The van der Waals surface area contributed by atoms with Gasteiger partial charge >= 0.3 is 0 Å². The standard InChI is InChI=1S/C17H17Cl2N5O2/c1-11(25)23-4-6-24(7-5-23)16-10-20-15(9-21-16)17(26)22-14-8-12(18)2-3-13(14)19/h2-3,8-10H,4-7H2,1H3,(H,22,26). The third kappa shape index (κ3) is 4.23. The highest BCUT2D eigenvalue weighted by Gasteiger charge is 2.20. The van der Waals surface area contributed by atoms with Crippen molar-refractivity contribution in [3.05, 3.63) is 46.3 Å². The number of nitrogens with zero attached hydrogens (tertiary/aromatic N) is 4. The molecule has 0 spiro atoms. The molecule has 1 aromatic carbocycles. The van der Waals surface area contributed by atoms with Crippen molar-refractivity contribution >= 4 is 46.5 Å². The molecule has 26 heavy (non-hydrogen) atoms. The van der Waals surface area contributed by atoms with Crippen molar-refractivity contribution in [2.24, 2.45) is 0 Å². The van der Waals surface area contributed by atoms with Crippen LogP contribution in [0.25, 0.3) is 0 Å². The number of anilines is 2. The second-order valence-corrected chi connectivity index (χ2v) is 6.67. The minimum Gasteiger partial charge on any atom is -0.352 e. The van der Waals surface area contributed by atoms with E-state index in [1.807, 2.05) is 4.90 Å². The first-order valence-corrected chi connectivity index (χ1v) is 8.78. The lowest BCUT2D eigenvalue weighted by atomic mass is 10.3. The number of amides is 2. The van der Waals surface area contributed by atoms with E-state index in [0.717, 1.165) is 0 Å². The molecule has 1 fully saturated rings. The molecule has 1 aliphatic rings. The molecule has 2 heterocycles. The normalized spacial score (nSPS) is 14.3. The van der Waals surface area contributed by atoms with E-state index in [2.05, 4.69) is 15.3 Å². The molecule has 0 bridgehead atoms. The Morgan fingerprint density at radius 3 is 2.42 bits per heavy atom. The van der Waals surface area contributed by atoms with Crippen molar-refractivity contribution in [2.45, 2.75) is 6.92 Å². The van der Waals surface area contributed by atoms with Gasteiger partial charge in [0.1, 0.15) is 11.5 Å². The second-order valence-electron chi connectivity index (χ2n) is 5.83. The largest absolute Gasteiger partial charge is 0.352 e. The summed E-state index contributed by atoms with van der Waals surface area (Å²) in [5.41, 5.74) is 0.586. The van der Waals surface area contributed by atoms with Crippen molar-refractivity contribution in [1.82, 2.24) is 14.9 Å². The van der Waals surface area contributed by atoms with E-state index in [0.29, 0.717) is 47.7 Å². The summed E-state index contributed by atoms with van der Waals surface area (Å²) < 4.78 is 0.